The van der Waals surface area contributed by atoms with Crippen LogP contribution >= 0.6 is 0 Å². The minimum atomic E-state index is -1.27. The summed E-state index contributed by atoms with van der Waals surface area (Å²) in [5.41, 5.74) is -0.621. The number of hydrogen-bond acceptors (Lipinski definition) is 10. The Kier molecular flexibility index (Phi) is 12.8. The van der Waals surface area contributed by atoms with Crippen LogP contribution in [0.1, 0.15) is 44.3 Å². The van der Waals surface area contributed by atoms with E-state index in [0.717, 1.165) is 13.1 Å². The molecule has 4 aliphatic heterocycles. The van der Waals surface area contributed by atoms with Gasteiger partial charge in [0.1, 0.15) is 17.7 Å². The summed E-state index contributed by atoms with van der Waals surface area (Å²) in [5.74, 6) is -3.58. The van der Waals surface area contributed by atoms with Crippen molar-refractivity contribution in [2.75, 3.05) is 66.3 Å². The van der Waals surface area contributed by atoms with Crippen molar-refractivity contribution in [2.24, 2.45) is 11.8 Å². The van der Waals surface area contributed by atoms with Crippen LogP contribution in [0.2, 0.25) is 0 Å². The fraction of sp³-hybridized carbons (Fsp3) is 0.622. The largest absolute Gasteiger partial charge is 0.455 e. The molecule has 4 aliphatic rings. The van der Waals surface area contributed by atoms with E-state index in [0.29, 0.717) is 51.1 Å². The summed E-state index contributed by atoms with van der Waals surface area (Å²) in [4.78, 5) is 61.6. The summed E-state index contributed by atoms with van der Waals surface area (Å²) in [6.07, 6.45) is 3.29. The zero-order valence-corrected chi connectivity index (χ0v) is 29.2. The maximum atomic E-state index is 14.6. The number of carbonyl (C=O) groups excluding carboxylic acids is 4. The van der Waals surface area contributed by atoms with Crippen molar-refractivity contribution < 1.29 is 43.2 Å². The standard InChI is InChI=1S/C37H52N4O9/c1-5-7-13-29(43)38-27(24-47-4)32(26-11-9-8-10-12-26)49-36(46)30-28-14-15-37(50-28)31(30)34(44)41(25(3)23-42)33(37)35(45)40(16-6-2)18-17-39-19-21-48-22-20-39/h5-6,8-12,25,27-28,30-33,42H,1-2,7,13-24H2,3-4H3,(H,38,43)/t25-,27+,28+,30-,31-,32+,33+,37-/m1/s1. The minimum Gasteiger partial charge on any atom is -0.455 e. The first-order chi connectivity index (χ1) is 24.2. The van der Waals surface area contributed by atoms with Crippen LogP contribution in [0.5, 0.6) is 0 Å². The molecule has 2 bridgehead atoms. The fourth-order valence-corrected chi connectivity index (χ4v) is 8.03. The van der Waals surface area contributed by atoms with Crippen molar-refractivity contribution >= 4 is 23.7 Å². The zero-order chi connectivity index (χ0) is 35.8. The van der Waals surface area contributed by atoms with Gasteiger partial charge >= 0.3 is 5.97 Å². The third-order valence-corrected chi connectivity index (χ3v) is 10.4. The summed E-state index contributed by atoms with van der Waals surface area (Å²) >= 11 is 0. The van der Waals surface area contributed by atoms with Gasteiger partial charge in [0, 0.05) is 46.3 Å². The van der Waals surface area contributed by atoms with Gasteiger partial charge in [-0.1, -0.05) is 42.5 Å². The van der Waals surface area contributed by atoms with E-state index < -0.39 is 59.6 Å². The maximum absolute atomic E-state index is 14.6. The SMILES string of the molecule is C=CCCC(=O)N[C@@H](COC)[C@@H](OC(=O)[C@@H]1[C@@H]2CC[C@]3(O2)[C@H](C(=O)N(CC=C)CCN2CCOCC2)N([C@H](C)CO)C(=O)[C@@H]13)c1ccccc1. The molecule has 0 radical (unpaired) electrons. The van der Waals surface area contributed by atoms with Gasteiger partial charge < -0.3 is 39.2 Å². The Bertz CT molecular complexity index is 1370. The van der Waals surface area contributed by atoms with E-state index in [4.69, 9.17) is 18.9 Å². The Hall–Kier alpha value is -3.62. The van der Waals surface area contributed by atoms with Crippen molar-refractivity contribution in [2.45, 2.75) is 68.5 Å². The van der Waals surface area contributed by atoms with Gasteiger partial charge in [-0.3, -0.25) is 24.1 Å². The number of aliphatic hydroxyl groups is 1. The summed E-state index contributed by atoms with van der Waals surface area (Å²) in [6.45, 7) is 13.0. The highest BCUT2D eigenvalue weighted by molar-refractivity contribution is 5.98. The number of esters is 1. The van der Waals surface area contributed by atoms with Crippen LogP contribution in [0.25, 0.3) is 0 Å². The monoisotopic (exact) mass is 696 g/mol. The molecule has 1 aromatic carbocycles. The summed E-state index contributed by atoms with van der Waals surface area (Å²) in [7, 11) is 1.50. The van der Waals surface area contributed by atoms with Crippen LogP contribution in [-0.2, 0) is 38.1 Å². The molecule has 1 aromatic rings. The number of aliphatic hydroxyl groups excluding tert-OH is 1. The Morgan fingerprint density at radius 3 is 2.58 bits per heavy atom. The molecular formula is C37H52N4O9. The Balaban J connectivity index is 1.43. The van der Waals surface area contributed by atoms with E-state index in [9.17, 15) is 24.3 Å². The first-order valence-electron chi connectivity index (χ1n) is 17.7. The molecule has 4 heterocycles. The van der Waals surface area contributed by atoms with Crippen molar-refractivity contribution in [1.29, 1.82) is 0 Å². The number of ether oxygens (including phenoxy) is 4. The third-order valence-electron chi connectivity index (χ3n) is 10.4. The second-order valence-electron chi connectivity index (χ2n) is 13.6. The van der Waals surface area contributed by atoms with Gasteiger partial charge in [-0.25, -0.2) is 0 Å². The second kappa shape index (κ2) is 17.1. The number of allylic oxidation sites excluding steroid dienone is 1. The molecule has 0 aromatic heterocycles. The van der Waals surface area contributed by atoms with Gasteiger partial charge in [-0.15, -0.1) is 13.2 Å². The van der Waals surface area contributed by atoms with Crippen LogP contribution in [0.3, 0.4) is 0 Å². The summed E-state index contributed by atoms with van der Waals surface area (Å²) in [5, 5.41) is 13.2. The number of amides is 3. The summed E-state index contributed by atoms with van der Waals surface area (Å²) < 4.78 is 23.8. The average Bonchev–Trinajstić information content (AvgIpc) is 3.78. The van der Waals surface area contributed by atoms with Gasteiger partial charge in [0.25, 0.3) is 0 Å². The zero-order valence-electron chi connectivity index (χ0n) is 29.2. The number of methoxy groups -OCH3 is 1. The van der Waals surface area contributed by atoms with E-state index in [2.05, 4.69) is 23.4 Å². The maximum Gasteiger partial charge on any atom is 0.313 e. The Labute approximate surface area is 294 Å². The van der Waals surface area contributed by atoms with E-state index in [1.165, 1.54) is 12.0 Å². The third kappa shape index (κ3) is 7.67. The minimum absolute atomic E-state index is 0.0610. The number of fused-ring (bicyclic) bond motifs is 1. The number of nitrogens with one attached hydrogen (secondary N) is 1. The molecule has 4 saturated heterocycles. The van der Waals surface area contributed by atoms with Crippen LogP contribution in [-0.4, -0.2) is 140 Å². The molecule has 8 atom stereocenters. The molecule has 0 saturated carbocycles. The number of rotatable bonds is 18. The van der Waals surface area contributed by atoms with Gasteiger partial charge in [0.2, 0.25) is 17.7 Å². The van der Waals surface area contributed by atoms with Gasteiger partial charge in [0.15, 0.2) is 0 Å². The normalized spacial score (nSPS) is 27.7. The molecule has 4 fully saturated rings. The first kappa shape index (κ1) is 37.6. The molecule has 2 N–H and O–H groups in total. The number of carbonyl (C=O) groups is 4. The molecule has 3 amide bonds. The molecule has 0 unspecified atom stereocenters. The van der Waals surface area contributed by atoms with Crippen molar-refractivity contribution in [3.8, 4) is 0 Å². The molecule has 1 spiro atoms. The lowest BCUT2D eigenvalue weighted by molar-refractivity contribution is -0.163. The van der Waals surface area contributed by atoms with Gasteiger partial charge in [-0.2, -0.15) is 0 Å². The van der Waals surface area contributed by atoms with Gasteiger partial charge in [0.05, 0.1) is 56.5 Å². The molecule has 274 valence electrons. The number of nitrogens with zero attached hydrogens (tertiary/aromatic N) is 3. The quantitative estimate of drug-likeness (QED) is 0.171. The number of hydrogen-bond donors (Lipinski definition) is 2. The van der Waals surface area contributed by atoms with Crippen LogP contribution < -0.4 is 5.32 Å². The first-order valence-corrected chi connectivity index (χ1v) is 17.7. The molecule has 50 heavy (non-hydrogen) atoms. The van der Waals surface area contributed by atoms with E-state index in [1.54, 1.807) is 36.1 Å². The lowest BCUT2D eigenvalue weighted by Gasteiger charge is -2.39. The van der Waals surface area contributed by atoms with E-state index in [1.807, 2.05) is 18.2 Å². The van der Waals surface area contributed by atoms with Crippen LogP contribution in [0, 0.1) is 11.8 Å². The highest BCUT2D eigenvalue weighted by Crippen LogP contribution is 2.59. The average molecular weight is 697 g/mol. The predicted molar refractivity (Wildman–Crippen MR) is 184 cm³/mol. The molecule has 5 rings (SSSR count). The fourth-order valence-electron chi connectivity index (χ4n) is 8.03. The molecule has 0 aliphatic carbocycles. The van der Waals surface area contributed by atoms with Crippen LogP contribution in [0.15, 0.2) is 55.6 Å². The lowest BCUT2D eigenvalue weighted by Crippen LogP contribution is -2.59. The second-order valence-corrected chi connectivity index (χ2v) is 13.6. The number of morpholine rings is 1. The van der Waals surface area contributed by atoms with Crippen LogP contribution in [0.4, 0.5) is 0 Å². The van der Waals surface area contributed by atoms with Gasteiger partial charge in [-0.05, 0) is 31.7 Å². The molecular weight excluding hydrogens is 644 g/mol. The van der Waals surface area contributed by atoms with E-state index in [-0.39, 0.29) is 38.0 Å². The van der Waals surface area contributed by atoms with E-state index >= 15 is 0 Å². The Morgan fingerprint density at radius 1 is 1.18 bits per heavy atom. The highest BCUT2D eigenvalue weighted by atomic mass is 16.6. The topological polar surface area (TPSA) is 147 Å². The number of benzene rings is 1. The molecule has 13 heteroatoms. The van der Waals surface area contributed by atoms with Crippen molar-refractivity contribution in [3.63, 3.8) is 0 Å². The number of likely N-dealkylation sites (tertiary alicyclic amines) is 1. The lowest BCUT2D eigenvalue weighted by atomic mass is 9.70. The highest BCUT2D eigenvalue weighted by Gasteiger charge is 2.75. The van der Waals surface area contributed by atoms with Crippen molar-refractivity contribution in [3.05, 3.63) is 61.2 Å². The Morgan fingerprint density at radius 2 is 1.92 bits per heavy atom. The molecule has 13 nitrogen and oxygen atoms in total. The predicted octanol–water partition coefficient (Wildman–Crippen LogP) is 1.47. The summed E-state index contributed by atoms with van der Waals surface area (Å²) in [6, 6.07) is 6.62. The van der Waals surface area contributed by atoms with Crippen molar-refractivity contribution in [1.82, 2.24) is 20.0 Å². The smallest absolute Gasteiger partial charge is 0.313 e.